The third kappa shape index (κ3) is 4.75. The van der Waals surface area contributed by atoms with E-state index >= 15 is 0 Å². The van der Waals surface area contributed by atoms with Gasteiger partial charge in [0.15, 0.2) is 0 Å². The second-order valence-corrected chi connectivity index (χ2v) is 10.1. The Balaban J connectivity index is 1.50. The van der Waals surface area contributed by atoms with Gasteiger partial charge in [0.1, 0.15) is 23.1 Å². The Morgan fingerprint density at radius 3 is 2.30 bits per heavy atom. The number of benzene rings is 3. The van der Waals surface area contributed by atoms with Crippen LogP contribution in [0.1, 0.15) is 38.9 Å². The van der Waals surface area contributed by atoms with Crippen LogP contribution in [0.4, 0.5) is 5.13 Å². The number of amides is 1. The van der Waals surface area contributed by atoms with Crippen molar-refractivity contribution in [2.75, 3.05) is 4.90 Å². The van der Waals surface area contributed by atoms with Crippen LogP contribution >= 0.6 is 11.3 Å². The number of ether oxygens (including phenoxy) is 1. The molecule has 0 spiro atoms. The molecule has 37 heavy (non-hydrogen) atoms. The Hall–Kier alpha value is -4.30. The van der Waals surface area contributed by atoms with Gasteiger partial charge in [0.05, 0.1) is 11.6 Å². The fourth-order valence-electron chi connectivity index (χ4n) is 4.28. The molecule has 3 aromatic carbocycles. The third-order valence-corrected chi connectivity index (χ3v) is 7.18. The Labute approximate surface area is 218 Å². The lowest BCUT2D eigenvalue weighted by Crippen LogP contribution is -2.29. The number of anilines is 1. The molecule has 0 bridgehead atoms. The summed E-state index contributed by atoms with van der Waals surface area (Å²) in [5.74, 6) is -1.14. The maximum absolute atomic E-state index is 13.2. The monoisotopic (exact) mass is 511 g/mol. The van der Waals surface area contributed by atoms with Crippen molar-refractivity contribution in [2.45, 2.75) is 33.4 Å². The van der Waals surface area contributed by atoms with Crippen LogP contribution in [0.5, 0.6) is 5.75 Å². The first-order chi connectivity index (χ1) is 17.8. The van der Waals surface area contributed by atoms with Crippen LogP contribution in [0.3, 0.4) is 0 Å². The summed E-state index contributed by atoms with van der Waals surface area (Å²) >= 11 is 1.22. The predicted octanol–water partition coefficient (Wildman–Crippen LogP) is 5.67. The maximum Gasteiger partial charge on any atom is 0.301 e. The molecule has 1 aromatic heterocycles. The molecule has 1 aliphatic rings. The van der Waals surface area contributed by atoms with Crippen LogP contribution in [0, 0.1) is 20.8 Å². The third-order valence-electron chi connectivity index (χ3n) is 6.34. The molecule has 4 aromatic rings. The van der Waals surface area contributed by atoms with Gasteiger partial charge in [0.25, 0.3) is 5.78 Å². The molecule has 1 unspecified atom stereocenters. The van der Waals surface area contributed by atoms with E-state index in [0.717, 1.165) is 16.7 Å². The molecule has 8 heteroatoms. The Morgan fingerprint density at radius 2 is 1.65 bits per heavy atom. The molecule has 1 saturated heterocycles. The van der Waals surface area contributed by atoms with Gasteiger partial charge in [-0.2, -0.15) is 0 Å². The fourth-order valence-corrected chi connectivity index (χ4v) is 4.99. The summed E-state index contributed by atoms with van der Waals surface area (Å²) in [6.07, 6.45) is 0. The van der Waals surface area contributed by atoms with E-state index in [2.05, 4.69) is 10.2 Å². The molecule has 7 nitrogen and oxygen atoms in total. The van der Waals surface area contributed by atoms with Gasteiger partial charge in [-0.1, -0.05) is 65.4 Å². The van der Waals surface area contributed by atoms with Gasteiger partial charge in [-0.3, -0.25) is 14.5 Å². The predicted molar refractivity (Wildman–Crippen MR) is 143 cm³/mol. The first kappa shape index (κ1) is 24.4. The van der Waals surface area contributed by atoms with Crippen molar-refractivity contribution < 1.29 is 19.4 Å². The van der Waals surface area contributed by atoms with Gasteiger partial charge in [-0.25, -0.2) is 0 Å². The normalized spacial score (nSPS) is 16.8. The smallest absolute Gasteiger partial charge is 0.301 e. The van der Waals surface area contributed by atoms with Crippen molar-refractivity contribution in [1.82, 2.24) is 10.2 Å². The molecule has 1 N–H and O–H groups in total. The Bertz CT molecular complexity index is 1510. The number of aryl methyl sites for hydroxylation is 3. The summed E-state index contributed by atoms with van der Waals surface area (Å²) in [6, 6.07) is 21.5. The molecule has 1 aliphatic heterocycles. The SMILES string of the molecule is Cc1ccc(C2C(=C(O)c3ccc(OCc4ccccc4C)cc3)C(=O)C(=O)N2c2nnc(C)s2)cc1. The molecular formula is C29H25N3O4S. The molecule has 0 saturated carbocycles. The molecule has 1 fully saturated rings. The number of ketones is 1. The molecule has 1 amide bonds. The summed E-state index contributed by atoms with van der Waals surface area (Å²) in [5.41, 5.74) is 4.37. The number of Topliss-reactive ketones (excluding diaryl/α,β-unsaturated/α-hetero) is 1. The largest absolute Gasteiger partial charge is 0.507 e. The maximum atomic E-state index is 13.2. The van der Waals surface area contributed by atoms with Crippen LogP contribution in [0.2, 0.25) is 0 Å². The van der Waals surface area contributed by atoms with Gasteiger partial charge < -0.3 is 9.84 Å². The molecule has 5 rings (SSSR count). The number of carbonyl (C=O) groups excluding carboxylic acids is 2. The molecule has 0 aliphatic carbocycles. The number of aromatic nitrogens is 2. The quantitative estimate of drug-likeness (QED) is 0.204. The number of rotatable bonds is 6. The summed E-state index contributed by atoms with van der Waals surface area (Å²) in [5, 5.41) is 20.4. The van der Waals surface area contributed by atoms with E-state index in [0.29, 0.717) is 33.6 Å². The number of nitrogens with zero attached hydrogens (tertiary/aromatic N) is 3. The summed E-state index contributed by atoms with van der Waals surface area (Å²) in [6.45, 7) is 6.18. The van der Waals surface area contributed by atoms with Crippen molar-refractivity contribution in [3.05, 3.63) is 111 Å². The van der Waals surface area contributed by atoms with Gasteiger partial charge in [0, 0.05) is 5.56 Å². The lowest BCUT2D eigenvalue weighted by Gasteiger charge is -2.22. The van der Waals surface area contributed by atoms with E-state index in [-0.39, 0.29) is 11.3 Å². The number of aliphatic hydroxyl groups is 1. The summed E-state index contributed by atoms with van der Waals surface area (Å²) < 4.78 is 5.91. The van der Waals surface area contributed by atoms with Crippen molar-refractivity contribution in [2.24, 2.45) is 0 Å². The highest BCUT2D eigenvalue weighted by Gasteiger charge is 2.48. The summed E-state index contributed by atoms with van der Waals surface area (Å²) in [7, 11) is 0. The first-order valence-electron chi connectivity index (χ1n) is 11.8. The zero-order valence-corrected chi connectivity index (χ0v) is 21.5. The van der Waals surface area contributed by atoms with Crippen LogP contribution in [0.25, 0.3) is 5.76 Å². The number of hydrogen-bond acceptors (Lipinski definition) is 7. The van der Waals surface area contributed by atoms with Crippen molar-refractivity contribution >= 4 is 33.9 Å². The van der Waals surface area contributed by atoms with Gasteiger partial charge in [-0.15, -0.1) is 10.2 Å². The van der Waals surface area contributed by atoms with Crippen LogP contribution in [0.15, 0.2) is 78.4 Å². The minimum absolute atomic E-state index is 0.00952. The van der Waals surface area contributed by atoms with Crippen molar-refractivity contribution in [1.29, 1.82) is 0 Å². The van der Waals surface area contributed by atoms with E-state index in [9.17, 15) is 14.7 Å². The standard InChI is InChI=1S/C29H25N3O4S/c1-17-8-10-20(11-9-17)25-24(27(34)28(35)32(25)29-31-30-19(3)37-29)26(33)21-12-14-23(15-13-21)36-16-22-7-5-4-6-18(22)2/h4-15,25,33H,16H2,1-3H3. The lowest BCUT2D eigenvalue weighted by atomic mass is 9.95. The highest BCUT2D eigenvalue weighted by atomic mass is 32.1. The number of aliphatic hydroxyl groups excluding tert-OH is 1. The second-order valence-electron chi connectivity index (χ2n) is 8.92. The van der Waals surface area contributed by atoms with E-state index in [4.69, 9.17) is 4.74 Å². The van der Waals surface area contributed by atoms with Crippen LogP contribution < -0.4 is 9.64 Å². The Kier molecular flexibility index (Phi) is 6.58. The fraction of sp³-hybridized carbons (Fsp3) is 0.172. The highest BCUT2D eigenvalue weighted by molar-refractivity contribution is 7.15. The Morgan fingerprint density at radius 1 is 0.946 bits per heavy atom. The van der Waals surface area contributed by atoms with E-state index in [1.165, 1.54) is 16.2 Å². The highest BCUT2D eigenvalue weighted by Crippen LogP contribution is 2.43. The molecule has 186 valence electrons. The van der Waals surface area contributed by atoms with Gasteiger partial charge in [-0.05, 0) is 61.7 Å². The van der Waals surface area contributed by atoms with Crippen molar-refractivity contribution in [3.63, 3.8) is 0 Å². The van der Waals surface area contributed by atoms with E-state index < -0.39 is 17.7 Å². The average molecular weight is 512 g/mol. The van der Waals surface area contributed by atoms with Gasteiger partial charge in [0.2, 0.25) is 5.13 Å². The molecule has 1 atom stereocenters. The summed E-state index contributed by atoms with van der Waals surface area (Å²) in [4.78, 5) is 27.7. The minimum Gasteiger partial charge on any atom is -0.507 e. The minimum atomic E-state index is -0.829. The second kappa shape index (κ2) is 9.99. The topological polar surface area (TPSA) is 92.6 Å². The number of hydrogen-bond donors (Lipinski definition) is 1. The molecular weight excluding hydrogens is 486 g/mol. The zero-order valence-electron chi connectivity index (χ0n) is 20.6. The van der Waals surface area contributed by atoms with E-state index in [1.54, 1.807) is 31.2 Å². The average Bonchev–Trinajstić information content (AvgIpc) is 3.44. The molecule has 2 heterocycles. The van der Waals surface area contributed by atoms with Gasteiger partial charge >= 0.3 is 5.91 Å². The van der Waals surface area contributed by atoms with Crippen LogP contribution in [-0.4, -0.2) is 27.0 Å². The molecule has 0 radical (unpaired) electrons. The van der Waals surface area contributed by atoms with Crippen molar-refractivity contribution in [3.8, 4) is 5.75 Å². The zero-order chi connectivity index (χ0) is 26.1. The number of carbonyl (C=O) groups is 2. The van der Waals surface area contributed by atoms with Crippen LogP contribution in [-0.2, 0) is 16.2 Å². The first-order valence-corrected chi connectivity index (χ1v) is 12.6. The lowest BCUT2D eigenvalue weighted by molar-refractivity contribution is -0.132. The van der Waals surface area contributed by atoms with E-state index in [1.807, 2.05) is 62.4 Å².